The van der Waals surface area contributed by atoms with Crippen LogP contribution >= 0.6 is 0 Å². The number of rotatable bonds is 4. The minimum Gasteiger partial charge on any atom is -0.469 e. The van der Waals surface area contributed by atoms with E-state index in [2.05, 4.69) is 39.1 Å². The van der Waals surface area contributed by atoms with E-state index in [0.29, 0.717) is 6.54 Å². The lowest BCUT2D eigenvalue weighted by Crippen LogP contribution is -2.33. The number of anilines is 1. The highest BCUT2D eigenvalue weighted by molar-refractivity contribution is 5.77. The van der Waals surface area contributed by atoms with Crippen molar-refractivity contribution >= 4 is 11.7 Å². The number of esters is 1. The number of carbonyl (C=O) groups is 1. The van der Waals surface area contributed by atoms with Crippen molar-refractivity contribution in [2.24, 2.45) is 5.41 Å². The first kappa shape index (κ1) is 15.5. The van der Waals surface area contributed by atoms with Crippen molar-refractivity contribution in [3.8, 4) is 0 Å². The fourth-order valence-corrected chi connectivity index (χ4v) is 2.14. The van der Waals surface area contributed by atoms with Crippen LogP contribution in [0, 0.1) is 33.1 Å². The number of nitrogens with one attached hydrogen (secondary N) is 1. The van der Waals surface area contributed by atoms with E-state index >= 15 is 0 Å². The molecule has 0 aliphatic rings. The first-order chi connectivity index (χ1) is 8.70. The molecule has 0 aliphatic heterocycles. The number of ether oxygens (including phenoxy) is 1. The van der Waals surface area contributed by atoms with Crippen LogP contribution in [0.15, 0.2) is 6.07 Å². The normalized spacial score (nSPS) is 11.3. The van der Waals surface area contributed by atoms with Crippen molar-refractivity contribution in [3.63, 3.8) is 0 Å². The van der Waals surface area contributed by atoms with Crippen LogP contribution in [0.2, 0.25) is 0 Å². The predicted octanol–water partition coefficient (Wildman–Crippen LogP) is 3.53. The first-order valence-corrected chi connectivity index (χ1v) is 6.60. The Kier molecular flexibility index (Phi) is 4.61. The fraction of sp³-hybridized carbons (Fsp3) is 0.562. The minimum absolute atomic E-state index is 0.195. The Hall–Kier alpha value is -1.51. The predicted molar refractivity (Wildman–Crippen MR) is 79.7 cm³/mol. The lowest BCUT2D eigenvalue weighted by Gasteiger charge is -2.25. The van der Waals surface area contributed by atoms with Crippen LogP contribution in [0.5, 0.6) is 0 Å². The third-order valence-corrected chi connectivity index (χ3v) is 3.81. The van der Waals surface area contributed by atoms with Crippen LogP contribution in [0.25, 0.3) is 0 Å². The molecule has 0 unspecified atom stereocenters. The molecule has 1 rings (SSSR count). The largest absolute Gasteiger partial charge is 0.469 e. The lowest BCUT2D eigenvalue weighted by molar-refractivity contribution is -0.149. The zero-order valence-corrected chi connectivity index (χ0v) is 13.1. The summed E-state index contributed by atoms with van der Waals surface area (Å²) in [7, 11) is 1.43. The van der Waals surface area contributed by atoms with Crippen LogP contribution in [0.3, 0.4) is 0 Å². The smallest absolute Gasteiger partial charge is 0.313 e. The van der Waals surface area contributed by atoms with Crippen molar-refractivity contribution in [3.05, 3.63) is 28.3 Å². The molecule has 3 heteroatoms. The van der Waals surface area contributed by atoms with E-state index in [9.17, 15) is 4.79 Å². The molecule has 0 radical (unpaired) electrons. The molecule has 0 aliphatic carbocycles. The molecule has 1 aromatic rings. The van der Waals surface area contributed by atoms with Crippen molar-refractivity contribution in [2.75, 3.05) is 19.0 Å². The van der Waals surface area contributed by atoms with E-state index in [1.807, 2.05) is 13.8 Å². The second-order valence-electron chi connectivity index (χ2n) is 5.86. The van der Waals surface area contributed by atoms with Gasteiger partial charge in [-0.15, -0.1) is 0 Å². The fourth-order valence-electron chi connectivity index (χ4n) is 2.14. The highest BCUT2D eigenvalue weighted by Crippen LogP contribution is 2.28. The van der Waals surface area contributed by atoms with Gasteiger partial charge in [-0.3, -0.25) is 4.79 Å². The Balaban J connectivity index is 2.99. The third kappa shape index (κ3) is 3.28. The summed E-state index contributed by atoms with van der Waals surface area (Å²) in [6.45, 7) is 12.8. The average Bonchev–Trinajstić information content (AvgIpc) is 2.35. The van der Waals surface area contributed by atoms with Gasteiger partial charge in [0.1, 0.15) is 0 Å². The van der Waals surface area contributed by atoms with Crippen LogP contribution in [-0.2, 0) is 9.53 Å². The summed E-state index contributed by atoms with van der Waals surface area (Å²) >= 11 is 0. The molecular weight excluding hydrogens is 238 g/mol. The van der Waals surface area contributed by atoms with E-state index in [1.54, 1.807) is 0 Å². The molecule has 0 fully saturated rings. The Morgan fingerprint density at radius 2 is 1.63 bits per heavy atom. The molecule has 106 valence electrons. The molecular formula is C16H25NO2. The molecule has 0 atom stereocenters. The number of benzene rings is 1. The maximum absolute atomic E-state index is 11.7. The van der Waals surface area contributed by atoms with Gasteiger partial charge in [0.05, 0.1) is 12.5 Å². The van der Waals surface area contributed by atoms with Gasteiger partial charge in [0.2, 0.25) is 0 Å². The maximum atomic E-state index is 11.7. The van der Waals surface area contributed by atoms with E-state index in [-0.39, 0.29) is 5.97 Å². The molecule has 3 nitrogen and oxygen atoms in total. The molecule has 0 heterocycles. The number of hydrogen-bond acceptors (Lipinski definition) is 3. The zero-order chi connectivity index (χ0) is 14.8. The molecule has 0 aromatic heterocycles. The number of hydrogen-bond donors (Lipinski definition) is 1. The monoisotopic (exact) mass is 263 g/mol. The summed E-state index contributed by atoms with van der Waals surface area (Å²) in [6.07, 6.45) is 0. The second kappa shape index (κ2) is 5.64. The van der Waals surface area contributed by atoms with E-state index in [1.165, 1.54) is 29.4 Å². The van der Waals surface area contributed by atoms with E-state index in [0.717, 1.165) is 5.69 Å². The standard InChI is InChI=1S/C16H25NO2/c1-10-8-11(2)13(4)14(12(10)3)17-9-16(5,6)15(18)19-7/h8,17H,9H2,1-7H3. The first-order valence-electron chi connectivity index (χ1n) is 6.60. The molecule has 0 amide bonds. The van der Waals surface area contributed by atoms with Gasteiger partial charge in [-0.2, -0.15) is 0 Å². The number of aryl methyl sites for hydroxylation is 2. The van der Waals surface area contributed by atoms with Crippen LogP contribution < -0.4 is 5.32 Å². The number of methoxy groups -OCH3 is 1. The molecule has 19 heavy (non-hydrogen) atoms. The summed E-state index contributed by atoms with van der Waals surface area (Å²) in [6, 6.07) is 2.20. The Morgan fingerprint density at radius 3 is 2.05 bits per heavy atom. The lowest BCUT2D eigenvalue weighted by atomic mass is 9.92. The van der Waals surface area contributed by atoms with Crippen molar-refractivity contribution in [1.82, 2.24) is 0 Å². The molecule has 0 bridgehead atoms. The maximum Gasteiger partial charge on any atom is 0.313 e. The Bertz CT molecular complexity index is 464. The van der Waals surface area contributed by atoms with Gasteiger partial charge < -0.3 is 10.1 Å². The third-order valence-electron chi connectivity index (χ3n) is 3.81. The molecule has 0 saturated carbocycles. The van der Waals surface area contributed by atoms with Gasteiger partial charge >= 0.3 is 5.97 Å². The summed E-state index contributed by atoms with van der Waals surface area (Å²) in [5.74, 6) is -0.195. The van der Waals surface area contributed by atoms with Crippen LogP contribution in [0.1, 0.15) is 36.1 Å². The van der Waals surface area contributed by atoms with Gasteiger partial charge in [0.15, 0.2) is 0 Å². The van der Waals surface area contributed by atoms with Crippen molar-refractivity contribution in [1.29, 1.82) is 0 Å². The Morgan fingerprint density at radius 1 is 1.16 bits per heavy atom. The molecule has 1 aromatic carbocycles. The topological polar surface area (TPSA) is 38.3 Å². The average molecular weight is 263 g/mol. The SMILES string of the molecule is COC(=O)C(C)(C)CNc1c(C)c(C)cc(C)c1C. The van der Waals surface area contributed by atoms with Gasteiger partial charge in [0.25, 0.3) is 0 Å². The second-order valence-corrected chi connectivity index (χ2v) is 5.86. The number of carbonyl (C=O) groups excluding carboxylic acids is 1. The van der Waals surface area contributed by atoms with E-state index < -0.39 is 5.41 Å². The zero-order valence-electron chi connectivity index (χ0n) is 13.1. The highest BCUT2D eigenvalue weighted by Gasteiger charge is 2.28. The summed E-state index contributed by atoms with van der Waals surface area (Å²) in [4.78, 5) is 11.7. The highest BCUT2D eigenvalue weighted by atomic mass is 16.5. The summed E-state index contributed by atoms with van der Waals surface area (Å²) in [5.41, 5.74) is 5.61. The van der Waals surface area contributed by atoms with Crippen molar-refractivity contribution < 1.29 is 9.53 Å². The summed E-state index contributed by atoms with van der Waals surface area (Å²) in [5, 5.41) is 3.42. The van der Waals surface area contributed by atoms with E-state index in [4.69, 9.17) is 4.74 Å². The van der Waals surface area contributed by atoms with Gasteiger partial charge in [0, 0.05) is 12.2 Å². The Labute approximate surface area is 116 Å². The van der Waals surface area contributed by atoms with Gasteiger partial charge in [-0.1, -0.05) is 6.07 Å². The van der Waals surface area contributed by atoms with Gasteiger partial charge in [-0.25, -0.2) is 0 Å². The van der Waals surface area contributed by atoms with Crippen LogP contribution in [-0.4, -0.2) is 19.6 Å². The van der Waals surface area contributed by atoms with Crippen molar-refractivity contribution in [2.45, 2.75) is 41.5 Å². The minimum atomic E-state index is -0.536. The molecule has 0 saturated heterocycles. The summed E-state index contributed by atoms with van der Waals surface area (Å²) < 4.78 is 4.83. The van der Waals surface area contributed by atoms with Gasteiger partial charge in [-0.05, 0) is 63.8 Å². The molecule has 0 spiro atoms. The quantitative estimate of drug-likeness (QED) is 0.844. The molecule has 1 N–H and O–H groups in total. The van der Waals surface area contributed by atoms with Crippen LogP contribution in [0.4, 0.5) is 5.69 Å².